The van der Waals surface area contributed by atoms with Crippen LogP contribution in [0.15, 0.2) is 24.3 Å². The van der Waals surface area contributed by atoms with Crippen LogP contribution in [0.1, 0.15) is 17.3 Å². The van der Waals surface area contributed by atoms with Gasteiger partial charge in [0.2, 0.25) is 0 Å². The average Bonchev–Trinajstić information content (AvgIpc) is 2.03. The van der Waals surface area contributed by atoms with Crippen LogP contribution in [0.4, 0.5) is 0 Å². The van der Waals surface area contributed by atoms with E-state index in [0.717, 1.165) is 0 Å². The van der Waals surface area contributed by atoms with Gasteiger partial charge in [0.25, 0.3) is 0 Å². The molecule has 1 aromatic carbocycles. The summed E-state index contributed by atoms with van der Waals surface area (Å²) in [5.74, 6) is -0.0127. The van der Waals surface area contributed by atoms with Gasteiger partial charge in [0.15, 0.2) is 5.78 Å². The molecule has 13 heavy (non-hydrogen) atoms. The third-order valence-electron chi connectivity index (χ3n) is 1.50. The van der Waals surface area contributed by atoms with E-state index < -0.39 is 7.32 Å². The summed E-state index contributed by atoms with van der Waals surface area (Å²) < 4.78 is 4.60. The van der Waals surface area contributed by atoms with Crippen LogP contribution in [-0.4, -0.2) is 23.2 Å². The lowest BCUT2D eigenvalue weighted by Gasteiger charge is -2.07. The third kappa shape index (κ3) is 2.57. The van der Waals surface area contributed by atoms with Crippen molar-refractivity contribution in [2.24, 2.45) is 0 Å². The maximum atomic E-state index is 11.0. The maximum Gasteiger partial charge on any atom is 0.707 e. The number of hydrogen-bond donors (Lipinski definition) is 2. The van der Waals surface area contributed by atoms with Gasteiger partial charge in [-0.25, -0.2) is 0 Å². The molecule has 0 atom stereocenters. The van der Waals surface area contributed by atoms with E-state index in [1.807, 2.05) is 0 Å². The Morgan fingerprint density at radius 2 is 2.00 bits per heavy atom. The summed E-state index contributed by atoms with van der Waals surface area (Å²) in [6.07, 6.45) is 0. The fourth-order valence-electron chi connectivity index (χ4n) is 0.974. The van der Waals surface area contributed by atoms with Crippen molar-refractivity contribution in [1.82, 2.24) is 0 Å². The van der Waals surface area contributed by atoms with E-state index in [0.29, 0.717) is 5.56 Å². The molecule has 0 aliphatic rings. The molecule has 0 spiro atoms. The van der Waals surface area contributed by atoms with Crippen molar-refractivity contribution in [2.45, 2.75) is 6.92 Å². The van der Waals surface area contributed by atoms with Crippen LogP contribution in [0, 0.1) is 0 Å². The minimum atomic E-state index is -1.90. The molecule has 1 rings (SSSR count). The number of ketones is 1. The van der Waals surface area contributed by atoms with Gasteiger partial charge < -0.3 is 14.7 Å². The minimum Gasteiger partial charge on any atom is -0.511 e. The Kier molecular flexibility index (Phi) is 3.05. The molecule has 4 nitrogen and oxygen atoms in total. The monoisotopic (exact) mass is 180 g/mol. The Morgan fingerprint density at radius 3 is 2.54 bits per heavy atom. The van der Waals surface area contributed by atoms with Crippen LogP contribution < -0.4 is 4.65 Å². The smallest absolute Gasteiger partial charge is 0.511 e. The number of hydrogen-bond acceptors (Lipinski definition) is 4. The Bertz CT molecular complexity index is 311. The number of Topliss-reactive ketones (excluding diaryl/α,β-unsaturated/α-hetero) is 1. The van der Waals surface area contributed by atoms with E-state index in [-0.39, 0.29) is 11.5 Å². The summed E-state index contributed by atoms with van der Waals surface area (Å²) in [6.45, 7) is 1.38. The summed E-state index contributed by atoms with van der Waals surface area (Å²) in [7, 11) is -1.90. The van der Waals surface area contributed by atoms with Gasteiger partial charge in [0.1, 0.15) is 5.75 Å². The highest BCUT2D eigenvalue weighted by atomic mass is 16.6. The first-order valence-electron chi connectivity index (χ1n) is 3.74. The van der Waals surface area contributed by atoms with E-state index in [9.17, 15) is 4.79 Å². The van der Waals surface area contributed by atoms with E-state index in [1.165, 1.54) is 13.0 Å². The van der Waals surface area contributed by atoms with Gasteiger partial charge in [-0.2, -0.15) is 0 Å². The van der Waals surface area contributed by atoms with Gasteiger partial charge in [-0.05, 0) is 19.1 Å². The molecule has 68 valence electrons. The van der Waals surface area contributed by atoms with Gasteiger partial charge in [0, 0.05) is 0 Å². The number of carbonyl (C=O) groups excluding carboxylic acids is 1. The van der Waals surface area contributed by atoms with Gasteiger partial charge in [-0.1, -0.05) is 12.1 Å². The molecule has 0 amide bonds. The molecular weight excluding hydrogens is 171 g/mol. The second kappa shape index (κ2) is 4.07. The van der Waals surface area contributed by atoms with E-state index in [4.69, 9.17) is 10.0 Å². The molecule has 0 fully saturated rings. The van der Waals surface area contributed by atoms with Crippen LogP contribution in [-0.2, 0) is 0 Å². The molecule has 0 aromatic heterocycles. The highest BCUT2D eigenvalue weighted by molar-refractivity contribution is 6.34. The predicted molar refractivity (Wildman–Crippen MR) is 47.3 cm³/mol. The molecule has 0 aliphatic heterocycles. The topological polar surface area (TPSA) is 66.8 Å². The number of benzene rings is 1. The lowest BCUT2D eigenvalue weighted by molar-refractivity contribution is 0.101. The summed E-state index contributed by atoms with van der Waals surface area (Å²) >= 11 is 0. The normalized spacial score (nSPS) is 9.46. The molecule has 0 bridgehead atoms. The lowest BCUT2D eigenvalue weighted by Crippen LogP contribution is -2.21. The largest absolute Gasteiger partial charge is 0.707 e. The van der Waals surface area contributed by atoms with Crippen molar-refractivity contribution in [3.8, 4) is 5.75 Å². The van der Waals surface area contributed by atoms with Gasteiger partial charge in [-0.3, -0.25) is 4.79 Å². The highest BCUT2D eigenvalue weighted by Crippen LogP contribution is 2.18. The number of para-hydroxylation sites is 1. The second-order valence-electron chi connectivity index (χ2n) is 2.50. The molecular formula is C8H9BO4. The molecule has 0 unspecified atom stereocenters. The standard InChI is InChI=1S/C8H9BO4/c1-6(10)7-4-2-3-5-8(7)13-9(11)12/h2-5,11-12H,1H3. The Balaban J connectivity index is 2.98. The first-order chi connectivity index (χ1) is 6.11. The zero-order valence-electron chi connectivity index (χ0n) is 7.10. The van der Waals surface area contributed by atoms with Crippen LogP contribution in [0.2, 0.25) is 0 Å². The first kappa shape index (κ1) is 9.76. The summed E-state index contributed by atoms with van der Waals surface area (Å²) in [4.78, 5) is 11.0. The quantitative estimate of drug-likeness (QED) is 0.516. The van der Waals surface area contributed by atoms with Crippen LogP contribution in [0.5, 0.6) is 5.75 Å². The van der Waals surface area contributed by atoms with E-state index in [1.54, 1.807) is 18.2 Å². The molecule has 2 N–H and O–H groups in total. The van der Waals surface area contributed by atoms with Crippen molar-refractivity contribution in [1.29, 1.82) is 0 Å². The van der Waals surface area contributed by atoms with E-state index in [2.05, 4.69) is 4.65 Å². The first-order valence-corrected chi connectivity index (χ1v) is 3.74. The summed E-state index contributed by atoms with van der Waals surface area (Å²) in [5.41, 5.74) is 0.329. The van der Waals surface area contributed by atoms with Gasteiger partial charge in [0.05, 0.1) is 5.56 Å². The predicted octanol–water partition coefficient (Wildman–Crippen LogP) is 0.237. The van der Waals surface area contributed by atoms with Crippen molar-refractivity contribution < 1.29 is 19.5 Å². The van der Waals surface area contributed by atoms with E-state index >= 15 is 0 Å². The minimum absolute atomic E-state index is 0.171. The molecule has 5 heteroatoms. The molecule has 0 saturated carbocycles. The number of rotatable bonds is 3. The number of carbonyl (C=O) groups is 1. The van der Waals surface area contributed by atoms with Crippen LogP contribution in [0.25, 0.3) is 0 Å². The fraction of sp³-hybridized carbons (Fsp3) is 0.125. The second-order valence-corrected chi connectivity index (χ2v) is 2.50. The van der Waals surface area contributed by atoms with Crippen molar-refractivity contribution >= 4 is 13.1 Å². The van der Waals surface area contributed by atoms with Crippen LogP contribution >= 0.6 is 0 Å². The fourth-order valence-corrected chi connectivity index (χ4v) is 0.974. The van der Waals surface area contributed by atoms with Crippen molar-refractivity contribution in [3.63, 3.8) is 0 Å². The molecule has 0 aliphatic carbocycles. The van der Waals surface area contributed by atoms with Gasteiger partial charge >= 0.3 is 7.32 Å². The molecule has 1 aromatic rings. The Morgan fingerprint density at radius 1 is 1.38 bits per heavy atom. The van der Waals surface area contributed by atoms with Crippen molar-refractivity contribution in [2.75, 3.05) is 0 Å². The SMILES string of the molecule is CC(=O)c1ccccc1OB(O)O. The Labute approximate surface area is 76.0 Å². The highest BCUT2D eigenvalue weighted by Gasteiger charge is 2.15. The molecule has 0 heterocycles. The summed E-state index contributed by atoms with van der Waals surface area (Å²) in [5, 5.41) is 17.1. The molecule has 0 saturated heterocycles. The van der Waals surface area contributed by atoms with Gasteiger partial charge in [-0.15, -0.1) is 0 Å². The van der Waals surface area contributed by atoms with Crippen LogP contribution in [0.3, 0.4) is 0 Å². The zero-order valence-corrected chi connectivity index (χ0v) is 7.10. The van der Waals surface area contributed by atoms with Crippen molar-refractivity contribution in [3.05, 3.63) is 29.8 Å². The third-order valence-corrected chi connectivity index (χ3v) is 1.50. The summed E-state index contributed by atoms with van der Waals surface area (Å²) in [6, 6.07) is 6.37. The molecule has 0 radical (unpaired) electrons. The Hall–Kier alpha value is -1.33. The maximum absolute atomic E-state index is 11.0. The zero-order chi connectivity index (χ0) is 9.84. The average molecular weight is 180 g/mol. The lowest BCUT2D eigenvalue weighted by atomic mass is 10.1.